The Morgan fingerprint density at radius 1 is 1.21 bits per heavy atom. The molecule has 19 heavy (non-hydrogen) atoms. The monoisotopic (exact) mass is 259 g/mol. The molecule has 0 fully saturated rings. The zero-order valence-electron chi connectivity index (χ0n) is 12.3. The predicted molar refractivity (Wildman–Crippen MR) is 76.0 cm³/mol. The number of anilines is 1. The second kappa shape index (κ2) is 4.99. The van der Waals surface area contributed by atoms with Crippen molar-refractivity contribution in [3.8, 4) is 0 Å². The molecule has 2 aromatic rings. The van der Waals surface area contributed by atoms with Crippen LogP contribution in [0.5, 0.6) is 0 Å². The predicted octanol–water partition coefficient (Wildman–Crippen LogP) is 2.14. The molecular weight excluding hydrogens is 238 g/mol. The van der Waals surface area contributed by atoms with E-state index in [0.717, 1.165) is 24.0 Å². The van der Waals surface area contributed by atoms with E-state index in [0.29, 0.717) is 0 Å². The van der Waals surface area contributed by atoms with Crippen LogP contribution in [0.15, 0.2) is 24.7 Å². The van der Waals surface area contributed by atoms with Gasteiger partial charge in [0.1, 0.15) is 17.5 Å². The van der Waals surface area contributed by atoms with Crippen molar-refractivity contribution >= 4 is 5.82 Å². The van der Waals surface area contributed by atoms with E-state index in [1.165, 1.54) is 0 Å². The molecule has 5 heteroatoms. The minimum Gasteiger partial charge on any atom is -0.352 e. The van der Waals surface area contributed by atoms with Crippen molar-refractivity contribution in [1.82, 2.24) is 19.5 Å². The molecule has 5 nitrogen and oxygen atoms in total. The van der Waals surface area contributed by atoms with Crippen molar-refractivity contribution in [2.45, 2.75) is 32.7 Å². The highest BCUT2D eigenvalue weighted by Gasteiger charge is 2.18. The Bertz CT molecular complexity index is 553. The molecule has 2 rings (SSSR count). The number of imidazole rings is 1. The third-order valence-corrected chi connectivity index (χ3v) is 3.00. The van der Waals surface area contributed by atoms with Gasteiger partial charge in [0.2, 0.25) is 0 Å². The second-order valence-corrected chi connectivity index (χ2v) is 5.80. The van der Waals surface area contributed by atoms with E-state index < -0.39 is 0 Å². The van der Waals surface area contributed by atoms with Gasteiger partial charge in [-0.15, -0.1) is 0 Å². The second-order valence-electron chi connectivity index (χ2n) is 5.80. The maximum Gasteiger partial charge on any atom is 0.135 e. The average molecular weight is 259 g/mol. The molecule has 0 aromatic carbocycles. The van der Waals surface area contributed by atoms with Crippen LogP contribution in [0.1, 0.15) is 32.4 Å². The molecule has 0 N–H and O–H groups in total. The smallest absolute Gasteiger partial charge is 0.135 e. The van der Waals surface area contributed by atoms with Crippen molar-refractivity contribution in [3.05, 3.63) is 36.3 Å². The Hall–Kier alpha value is -1.91. The third-order valence-electron chi connectivity index (χ3n) is 3.00. The minimum atomic E-state index is -0.0416. The molecule has 2 aromatic heterocycles. The average Bonchev–Trinajstić information content (AvgIpc) is 2.74. The number of hydrogen-bond donors (Lipinski definition) is 0. The molecular formula is C14H21N5. The summed E-state index contributed by atoms with van der Waals surface area (Å²) in [7, 11) is 4.01. The van der Waals surface area contributed by atoms with Gasteiger partial charge in [0.25, 0.3) is 0 Å². The van der Waals surface area contributed by atoms with E-state index in [-0.39, 0.29) is 5.41 Å². The molecule has 0 saturated carbocycles. The topological polar surface area (TPSA) is 46.8 Å². The van der Waals surface area contributed by atoms with Gasteiger partial charge in [-0.05, 0) is 6.07 Å². The summed E-state index contributed by atoms with van der Waals surface area (Å²) in [6.45, 7) is 7.07. The lowest BCUT2D eigenvalue weighted by atomic mass is 9.96. The summed E-state index contributed by atoms with van der Waals surface area (Å²) in [5.74, 6) is 2.79. The van der Waals surface area contributed by atoms with Gasteiger partial charge in [0.15, 0.2) is 0 Å². The normalized spacial score (nSPS) is 11.6. The molecule has 0 aliphatic heterocycles. The molecule has 0 spiro atoms. The quantitative estimate of drug-likeness (QED) is 0.847. The summed E-state index contributed by atoms with van der Waals surface area (Å²) >= 11 is 0. The maximum absolute atomic E-state index is 4.63. The van der Waals surface area contributed by atoms with Crippen LogP contribution in [0.25, 0.3) is 0 Å². The number of aryl methyl sites for hydroxylation is 1. The Kier molecular flexibility index (Phi) is 3.55. The zero-order chi connectivity index (χ0) is 14.0. The van der Waals surface area contributed by atoms with Gasteiger partial charge in [-0.25, -0.2) is 15.0 Å². The molecule has 0 unspecified atom stereocenters. The van der Waals surface area contributed by atoms with Gasteiger partial charge in [-0.1, -0.05) is 20.8 Å². The first kappa shape index (κ1) is 13.5. The third kappa shape index (κ3) is 3.10. The fourth-order valence-corrected chi connectivity index (χ4v) is 1.77. The summed E-state index contributed by atoms with van der Waals surface area (Å²) in [5, 5.41) is 0. The van der Waals surface area contributed by atoms with Gasteiger partial charge < -0.3 is 9.47 Å². The highest BCUT2D eigenvalue weighted by Crippen LogP contribution is 2.20. The fraction of sp³-hybridized carbons (Fsp3) is 0.500. The Morgan fingerprint density at radius 2 is 1.95 bits per heavy atom. The van der Waals surface area contributed by atoms with Crippen LogP contribution in [0.2, 0.25) is 0 Å². The van der Waals surface area contributed by atoms with E-state index in [4.69, 9.17) is 0 Å². The lowest BCUT2D eigenvalue weighted by Crippen LogP contribution is -2.23. The summed E-state index contributed by atoms with van der Waals surface area (Å²) in [6.07, 6.45) is 5.57. The fourth-order valence-electron chi connectivity index (χ4n) is 1.77. The van der Waals surface area contributed by atoms with Gasteiger partial charge in [-0.3, -0.25) is 0 Å². The molecule has 0 bridgehead atoms. The molecule has 2 heterocycles. The zero-order valence-corrected chi connectivity index (χ0v) is 12.3. The van der Waals surface area contributed by atoms with Gasteiger partial charge in [0.05, 0.1) is 6.54 Å². The minimum absolute atomic E-state index is 0.0416. The molecule has 0 aliphatic rings. The van der Waals surface area contributed by atoms with Crippen LogP contribution in [-0.4, -0.2) is 26.6 Å². The van der Waals surface area contributed by atoms with Crippen molar-refractivity contribution < 1.29 is 0 Å². The summed E-state index contributed by atoms with van der Waals surface area (Å²) in [6, 6.07) is 1.93. The molecule has 0 atom stereocenters. The molecule has 0 saturated heterocycles. The standard InChI is InChI=1S/C14H21N5/c1-14(2,3)13-16-7-6-11(17-13)19(5)10-12-15-8-9-18(12)4/h6-9H,10H2,1-5H3. The van der Waals surface area contributed by atoms with Crippen LogP contribution >= 0.6 is 0 Å². The van der Waals surface area contributed by atoms with Crippen LogP contribution in [0.3, 0.4) is 0 Å². The van der Waals surface area contributed by atoms with Crippen molar-refractivity contribution in [3.63, 3.8) is 0 Å². The number of hydrogen-bond acceptors (Lipinski definition) is 4. The summed E-state index contributed by atoms with van der Waals surface area (Å²) in [5.41, 5.74) is -0.0416. The molecule has 0 amide bonds. The lowest BCUT2D eigenvalue weighted by molar-refractivity contribution is 0.544. The highest BCUT2D eigenvalue weighted by atomic mass is 15.2. The van der Waals surface area contributed by atoms with Crippen LogP contribution in [0, 0.1) is 0 Å². The van der Waals surface area contributed by atoms with E-state index in [1.807, 2.05) is 43.3 Å². The first-order chi connectivity index (χ1) is 8.88. The van der Waals surface area contributed by atoms with Crippen molar-refractivity contribution in [2.75, 3.05) is 11.9 Å². The molecule has 102 valence electrons. The molecule has 0 aliphatic carbocycles. The lowest BCUT2D eigenvalue weighted by Gasteiger charge is -2.21. The first-order valence-corrected chi connectivity index (χ1v) is 6.39. The SMILES string of the molecule is CN(Cc1nccn1C)c1ccnc(C(C)(C)C)n1. The van der Waals surface area contributed by atoms with Gasteiger partial charge in [0, 0.05) is 38.1 Å². The largest absolute Gasteiger partial charge is 0.352 e. The summed E-state index contributed by atoms with van der Waals surface area (Å²) < 4.78 is 2.02. The first-order valence-electron chi connectivity index (χ1n) is 6.39. The Morgan fingerprint density at radius 3 is 2.53 bits per heavy atom. The Balaban J connectivity index is 2.20. The van der Waals surface area contributed by atoms with Gasteiger partial charge >= 0.3 is 0 Å². The van der Waals surface area contributed by atoms with E-state index in [1.54, 1.807) is 0 Å². The Labute approximate surface area is 114 Å². The number of rotatable bonds is 3. The number of aromatic nitrogens is 4. The van der Waals surface area contributed by atoms with E-state index in [9.17, 15) is 0 Å². The van der Waals surface area contributed by atoms with E-state index in [2.05, 4.69) is 40.6 Å². The number of nitrogens with zero attached hydrogens (tertiary/aromatic N) is 5. The summed E-state index contributed by atoms with van der Waals surface area (Å²) in [4.78, 5) is 15.4. The highest BCUT2D eigenvalue weighted by molar-refractivity contribution is 5.37. The van der Waals surface area contributed by atoms with Crippen molar-refractivity contribution in [2.24, 2.45) is 7.05 Å². The molecule has 0 radical (unpaired) electrons. The van der Waals surface area contributed by atoms with Crippen LogP contribution in [0.4, 0.5) is 5.82 Å². The maximum atomic E-state index is 4.63. The van der Waals surface area contributed by atoms with Crippen LogP contribution < -0.4 is 4.90 Å². The van der Waals surface area contributed by atoms with Crippen molar-refractivity contribution in [1.29, 1.82) is 0 Å². The van der Waals surface area contributed by atoms with Gasteiger partial charge in [-0.2, -0.15) is 0 Å². The van der Waals surface area contributed by atoms with Crippen LogP contribution in [-0.2, 0) is 19.0 Å². The van der Waals surface area contributed by atoms with E-state index >= 15 is 0 Å².